The molecule has 29 heavy (non-hydrogen) atoms. The number of anilines is 3. The molecule has 3 aromatic carbocycles. The zero-order chi connectivity index (χ0) is 20.1. The highest BCUT2D eigenvalue weighted by Crippen LogP contribution is 2.41. The van der Waals surface area contributed by atoms with Gasteiger partial charge in [0.1, 0.15) is 15.8 Å². The molecule has 0 bridgehead atoms. The number of azo groups is 1. The molecule has 0 aliphatic heterocycles. The smallest absolute Gasteiger partial charge is 0.140 e. The summed E-state index contributed by atoms with van der Waals surface area (Å²) >= 11 is 1.60. The summed E-state index contributed by atoms with van der Waals surface area (Å²) in [5.74, 6) is 0.805. The van der Waals surface area contributed by atoms with Crippen molar-refractivity contribution in [3.63, 3.8) is 0 Å². The maximum absolute atomic E-state index is 5.18. The van der Waals surface area contributed by atoms with Crippen LogP contribution in [0.2, 0.25) is 0 Å². The Morgan fingerprint density at radius 2 is 1.41 bits per heavy atom. The molecule has 5 heteroatoms. The van der Waals surface area contributed by atoms with Crippen LogP contribution in [0.3, 0.4) is 0 Å². The number of nitrogens with zero attached hydrogens (tertiary/aromatic N) is 3. The van der Waals surface area contributed by atoms with Crippen molar-refractivity contribution in [2.24, 2.45) is 10.2 Å². The van der Waals surface area contributed by atoms with Crippen LogP contribution in [0, 0.1) is 6.92 Å². The first-order chi connectivity index (χ1) is 14.2. The van der Waals surface area contributed by atoms with Gasteiger partial charge in [-0.1, -0.05) is 47.2 Å². The average molecular weight is 400 g/mol. The highest BCUT2D eigenvalue weighted by Gasteiger charge is 2.14. The first-order valence-electron chi connectivity index (χ1n) is 9.30. The van der Waals surface area contributed by atoms with Crippen LogP contribution < -0.4 is 9.64 Å². The van der Waals surface area contributed by atoms with Crippen molar-refractivity contribution >= 4 is 38.4 Å². The standard InChI is InChI=1S/C24H21N3OS/c1-18-8-12-21(13-9-18)27(20-6-4-3-5-7-20)24-17-16-23(29-24)26-25-19-10-14-22(28-2)15-11-19/h3-17H,1-2H3. The van der Waals surface area contributed by atoms with Crippen LogP contribution >= 0.6 is 11.3 Å². The summed E-state index contributed by atoms with van der Waals surface area (Å²) in [6.07, 6.45) is 0. The summed E-state index contributed by atoms with van der Waals surface area (Å²) in [6.45, 7) is 2.10. The van der Waals surface area contributed by atoms with Gasteiger partial charge in [0.2, 0.25) is 0 Å². The Kier molecular flexibility index (Phi) is 5.68. The fraction of sp³-hybridized carbons (Fsp3) is 0.0833. The lowest BCUT2D eigenvalue weighted by Crippen LogP contribution is -2.07. The molecule has 0 unspecified atom stereocenters. The van der Waals surface area contributed by atoms with Gasteiger partial charge in [-0.2, -0.15) is 0 Å². The third-order valence-electron chi connectivity index (χ3n) is 4.44. The van der Waals surface area contributed by atoms with E-state index in [0.29, 0.717) is 0 Å². The van der Waals surface area contributed by atoms with Gasteiger partial charge in [-0.05, 0) is 67.6 Å². The summed E-state index contributed by atoms with van der Waals surface area (Å²) in [7, 11) is 1.65. The minimum atomic E-state index is 0.791. The third-order valence-corrected chi connectivity index (χ3v) is 5.40. The van der Waals surface area contributed by atoms with Gasteiger partial charge in [0.25, 0.3) is 0 Å². The number of para-hydroxylation sites is 1. The van der Waals surface area contributed by atoms with E-state index in [1.54, 1.807) is 18.4 Å². The van der Waals surface area contributed by atoms with Crippen molar-refractivity contribution in [1.82, 2.24) is 0 Å². The largest absolute Gasteiger partial charge is 0.497 e. The van der Waals surface area contributed by atoms with Crippen LogP contribution in [-0.2, 0) is 0 Å². The van der Waals surface area contributed by atoms with E-state index >= 15 is 0 Å². The van der Waals surface area contributed by atoms with E-state index in [0.717, 1.165) is 32.8 Å². The maximum atomic E-state index is 5.18. The number of methoxy groups -OCH3 is 1. The molecule has 4 nitrogen and oxygen atoms in total. The molecule has 144 valence electrons. The molecule has 1 aromatic heterocycles. The summed E-state index contributed by atoms with van der Waals surface area (Å²) in [6, 6.07) is 30.5. The summed E-state index contributed by atoms with van der Waals surface area (Å²) in [5, 5.41) is 10.7. The second-order valence-electron chi connectivity index (χ2n) is 6.52. The summed E-state index contributed by atoms with van der Waals surface area (Å²) in [5.41, 5.74) is 4.25. The lowest BCUT2D eigenvalue weighted by Gasteiger charge is -2.23. The molecule has 4 rings (SSSR count). The second kappa shape index (κ2) is 8.71. The van der Waals surface area contributed by atoms with Crippen molar-refractivity contribution in [1.29, 1.82) is 0 Å². The van der Waals surface area contributed by atoms with Gasteiger partial charge in [0, 0.05) is 11.4 Å². The van der Waals surface area contributed by atoms with Crippen LogP contribution in [-0.4, -0.2) is 7.11 Å². The van der Waals surface area contributed by atoms with Crippen LogP contribution in [0.5, 0.6) is 5.75 Å². The number of ether oxygens (including phenoxy) is 1. The van der Waals surface area contributed by atoms with E-state index in [1.165, 1.54) is 5.56 Å². The normalized spacial score (nSPS) is 11.0. The van der Waals surface area contributed by atoms with Crippen LogP contribution in [0.4, 0.5) is 27.1 Å². The van der Waals surface area contributed by atoms with Crippen molar-refractivity contribution in [2.45, 2.75) is 6.92 Å². The zero-order valence-electron chi connectivity index (χ0n) is 16.3. The van der Waals surface area contributed by atoms with Crippen molar-refractivity contribution in [3.8, 4) is 5.75 Å². The van der Waals surface area contributed by atoms with E-state index in [1.807, 2.05) is 36.4 Å². The quantitative estimate of drug-likeness (QED) is 0.308. The molecule has 1 heterocycles. The predicted octanol–water partition coefficient (Wildman–Crippen LogP) is 7.95. The zero-order valence-corrected chi connectivity index (χ0v) is 17.1. The molecule has 0 saturated carbocycles. The number of thiophene rings is 1. The fourth-order valence-electron chi connectivity index (χ4n) is 2.92. The van der Waals surface area contributed by atoms with Gasteiger partial charge in [-0.25, -0.2) is 0 Å². The Hall–Kier alpha value is -3.44. The average Bonchev–Trinajstić information content (AvgIpc) is 3.23. The molecule has 4 aromatic rings. The molecule has 0 spiro atoms. The predicted molar refractivity (Wildman–Crippen MR) is 121 cm³/mol. The van der Waals surface area contributed by atoms with Gasteiger partial charge in [0.15, 0.2) is 0 Å². The third kappa shape index (κ3) is 4.52. The molecule has 0 fully saturated rings. The molecule has 0 atom stereocenters. The number of aryl methyl sites for hydroxylation is 1. The monoisotopic (exact) mass is 399 g/mol. The molecular formula is C24H21N3OS. The van der Waals surface area contributed by atoms with Crippen molar-refractivity contribution in [3.05, 3.63) is 96.6 Å². The minimum absolute atomic E-state index is 0.791. The van der Waals surface area contributed by atoms with Crippen molar-refractivity contribution in [2.75, 3.05) is 12.0 Å². The molecule has 0 radical (unpaired) electrons. The lowest BCUT2D eigenvalue weighted by atomic mass is 10.2. The SMILES string of the molecule is COc1ccc(N=Nc2ccc(N(c3ccccc3)c3ccc(C)cc3)s2)cc1. The van der Waals surface area contributed by atoms with Crippen LogP contribution in [0.15, 0.2) is 101 Å². The minimum Gasteiger partial charge on any atom is -0.497 e. The Balaban J connectivity index is 1.63. The Labute approximate surface area is 174 Å². The topological polar surface area (TPSA) is 37.2 Å². The van der Waals surface area contributed by atoms with Gasteiger partial charge in [-0.15, -0.1) is 10.2 Å². The van der Waals surface area contributed by atoms with Gasteiger partial charge < -0.3 is 9.64 Å². The van der Waals surface area contributed by atoms with Gasteiger partial charge in [0.05, 0.1) is 12.8 Å². The number of rotatable bonds is 6. The molecule has 0 N–H and O–H groups in total. The fourth-order valence-corrected chi connectivity index (χ4v) is 3.79. The lowest BCUT2D eigenvalue weighted by molar-refractivity contribution is 0.415. The van der Waals surface area contributed by atoms with E-state index in [2.05, 4.69) is 76.6 Å². The van der Waals surface area contributed by atoms with E-state index in [-0.39, 0.29) is 0 Å². The maximum Gasteiger partial charge on any atom is 0.140 e. The van der Waals surface area contributed by atoms with Crippen molar-refractivity contribution < 1.29 is 4.74 Å². The van der Waals surface area contributed by atoms with Crippen LogP contribution in [0.25, 0.3) is 0 Å². The molecular weight excluding hydrogens is 378 g/mol. The Morgan fingerprint density at radius 3 is 2.10 bits per heavy atom. The molecule has 0 aliphatic rings. The first-order valence-corrected chi connectivity index (χ1v) is 10.1. The molecule has 0 saturated heterocycles. The van der Waals surface area contributed by atoms with E-state index in [9.17, 15) is 0 Å². The van der Waals surface area contributed by atoms with Gasteiger partial charge >= 0.3 is 0 Å². The van der Waals surface area contributed by atoms with E-state index < -0.39 is 0 Å². The van der Waals surface area contributed by atoms with Crippen LogP contribution in [0.1, 0.15) is 5.56 Å². The Bertz CT molecular complexity index is 1090. The first kappa shape index (κ1) is 18.9. The Morgan fingerprint density at radius 1 is 0.724 bits per heavy atom. The number of benzene rings is 3. The number of hydrogen-bond donors (Lipinski definition) is 0. The highest BCUT2D eigenvalue weighted by atomic mass is 32.1. The molecule has 0 aliphatic carbocycles. The summed E-state index contributed by atoms with van der Waals surface area (Å²) in [4.78, 5) is 2.23. The highest BCUT2D eigenvalue weighted by molar-refractivity contribution is 7.19. The summed E-state index contributed by atoms with van der Waals surface area (Å²) < 4.78 is 5.18. The van der Waals surface area contributed by atoms with Gasteiger partial charge in [-0.3, -0.25) is 0 Å². The molecule has 0 amide bonds. The van der Waals surface area contributed by atoms with E-state index in [4.69, 9.17) is 4.74 Å². The second-order valence-corrected chi connectivity index (χ2v) is 7.56. The number of hydrogen-bond acceptors (Lipinski definition) is 5.